The number of carbonyl (C=O) groups excluding carboxylic acids is 3. The normalized spacial score (nSPS) is 14.1. The number of carbonyl (C=O) groups is 4. The van der Waals surface area contributed by atoms with Crippen molar-refractivity contribution < 1.29 is 43.2 Å². The van der Waals surface area contributed by atoms with Gasteiger partial charge in [-0.3, -0.25) is 14.9 Å². The van der Waals surface area contributed by atoms with Gasteiger partial charge in [-0.15, -0.1) is 0 Å². The van der Waals surface area contributed by atoms with Crippen LogP contribution in [-0.4, -0.2) is 46.5 Å². The predicted molar refractivity (Wildman–Crippen MR) is 132 cm³/mol. The number of esters is 2. The minimum absolute atomic E-state index is 0.00956. The summed E-state index contributed by atoms with van der Waals surface area (Å²) in [6.45, 7) is 15.1. The maximum absolute atomic E-state index is 12.5. The highest BCUT2D eigenvalue weighted by atomic mass is 16.8. The van der Waals surface area contributed by atoms with Gasteiger partial charge in [0.15, 0.2) is 11.5 Å². The van der Waals surface area contributed by atoms with Gasteiger partial charge in [0, 0.05) is 12.5 Å². The molecule has 0 aliphatic heterocycles. The van der Waals surface area contributed by atoms with Crippen LogP contribution in [0.2, 0.25) is 0 Å². The zero-order chi connectivity index (χ0) is 27.8. The molecule has 0 amide bonds. The molecule has 0 saturated carbocycles. The third kappa shape index (κ3) is 9.49. The molecule has 10 nitrogen and oxygen atoms in total. The summed E-state index contributed by atoms with van der Waals surface area (Å²) in [6, 6.07) is 3.96. The second-order valence-corrected chi connectivity index (χ2v) is 10.3. The molecule has 2 atom stereocenters. The third-order valence-electron chi connectivity index (χ3n) is 4.91. The lowest BCUT2D eigenvalue weighted by Crippen LogP contribution is -2.60. The molecule has 0 fully saturated rings. The Morgan fingerprint density at radius 3 is 1.86 bits per heavy atom. The van der Waals surface area contributed by atoms with E-state index in [9.17, 15) is 24.3 Å². The lowest BCUT2D eigenvalue weighted by molar-refractivity contribution is -0.169. The molecule has 1 aromatic carbocycles. The van der Waals surface area contributed by atoms with E-state index in [0.717, 1.165) is 0 Å². The molecule has 0 aromatic heterocycles. The maximum Gasteiger partial charge on any atom is 0.511 e. The number of rotatable bonds is 11. The largest absolute Gasteiger partial charge is 0.511 e. The second-order valence-electron chi connectivity index (χ2n) is 10.3. The first-order chi connectivity index (χ1) is 16.5. The van der Waals surface area contributed by atoms with E-state index >= 15 is 0 Å². The van der Waals surface area contributed by atoms with Gasteiger partial charge in [0.25, 0.3) is 5.72 Å². The van der Waals surface area contributed by atoms with Crippen LogP contribution in [0.1, 0.15) is 74.3 Å². The molecule has 0 spiro atoms. The molecule has 0 heterocycles. The first kappa shape index (κ1) is 30.9. The van der Waals surface area contributed by atoms with Gasteiger partial charge >= 0.3 is 24.1 Å². The zero-order valence-corrected chi connectivity index (χ0v) is 22.6. The van der Waals surface area contributed by atoms with E-state index in [4.69, 9.17) is 18.9 Å². The highest BCUT2D eigenvalue weighted by molar-refractivity contribution is 5.81. The first-order valence-electron chi connectivity index (χ1n) is 12.0. The summed E-state index contributed by atoms with van der Waals surface area (Å²) in [6.07, 6.45) is -0.945. The molecule has 1 unspecified atom stereocenters. The summed E-state index contributed by atoms with van der Waals surface area (Å²) in [7, 11) is 0. The van der Waals surface area contributed by atoms with Crippen molar-refractivity contribution >= 4 is 24.1 Å². The van der Waals surface area contributed by atoms with Crippen LogP contribution in [0.25, 0.3) is 0 Å². The fourth-order valence-corrected chi connectivity index (χ4v) is 2.78. The van der Waals surface area contributed by atoms with Crippen molar-refractivity contribution in [2.75, 3.05) is 0 Å². The Hall–Kier alpha value is -3.14. The van der Waals surface area contributed by atoms with E-state index in [1.54, 1.807) is 55.4 Å². The second kappa shape index (κ2) is 12.7. The van der Waals surface area contributed by atoms with Crippen LogP contribution in [0.3, 0.4) is 0 Å². The fraction of sp³-hybridized carbons (Fsp3) is 0.615. The van der Waals surface area contributed by atoms with Crippen molar-refractivity contribution in [2.24, 2.45) is 11.8 Å². The summed E-state index contributed by atoms with van der Waals surface area (Å²) >= 11 is 0. The van der Waals surface area contributed by atoms with Crippen molar-refractivity contribution in [1.29, 1.82) is 0 Å². The van der Waals surface area contributed by atoms with E-state index in [2.05, 4.69) is 5.32 Å². The van der Waals surface area contributed by atoms with E-state index in [-0.39, 0.29) is 24.0 Å². The molecule has 2 N–H and O–H groups in total. The number of nitrogens with one attached hydrogen (secondary N) is 1. The Kier molecular flexibility index (Phi) is 10.9. The molecule has 10 heteroatoms. The minimum atomic E-state index is -2.19. The highest BCUT2D eigenvalue weighted by Gasteiger charge is 2.45. The average molecular weight is 510 g/mol. The van der Waals surface area contributed by atoms with E-state index in [1.807, 2.05) is 6.92 Å². The van der Waals surface area contributed by atoms with Crippen molar-refractivity contribution in [3.63, 3.8) is 0 Å². The van der Waals surface area contributed by atoms with Crippen molar-refractivity contribution in [3.05, 3.63) is 23.8 Å². The summed E-state index contributed by atoms with van der Waals surface area (Å²) in [5.74, 6) is -3.49. The number of ether oxygens (including phenoxy) is 4. The van der Waals surface area contributed by atoms with Crippen molar-refractivity contribution in [2.45, 2.75) is 92.5 Å². The van der Waals surface area contributed by atoms with Gasteiger partial charge in [0.2, 0.25) is 0 Å². The maximum atomic E-state index is 12.5. The van der Waals surface area contributed by atoms with E-state index < -0.39 is 47.2 Å². The topological polar surface area (TPSA) is 137 Å². The molecule has 0 aliphatic carbocycles. The number of hydrogen-bond donors (Lipinski definition) is 2. The van der Waals surface area contributed by atoms with Crippen LogP contribution in [0, 0.1) is 11.8 Å². The Morgan fingerprint density at radius 1 is 0.889 bits per heavy atom. The SMILES string of the molecule is CCC(C)N[C@@](Cc1ccc(OC(=O)C(C)C)c(OC(=O)C(C)C)c1)(OC(=O)OC(C)(C)C)C(=O)O. The molecule has 36 heavy (non-hydrogen) atoms. The molecule has 0 aliphatic rings. The number of aliphatic carboxylic acids is 1. The number of benzene rings is 1. The lowest BCUT2D eigenvalue weighted by Gasteiger charge is -2.33. The highest BCUT2D eigenvalue weighted by Crippen LogP contribution is 2.32. The van der Waals surface area contributed by atoms with Gasteiger partial charge in [-0.05, 0) is 51.8 Å². The van der Waals surface area contributed by atoms with Crippen LogP contribution < -0.4 is 14.8 Å². The smallest absolute Gasteiger partial charge is 0.477 e. The molecule has 0 bridgehead atoms. The molecule has 1 rings (SSSR count). The summed E-state index contributed by atoms with van der Waals surface area (Å²) < 4.78 is 21.4. The monoisotopic (exact) mass is 509 g/mol. The Labute approximate surface area is 212 Å². The summed E-state index contributed by atoms with van der Waals surface area (Å²) in [5.41, 5.74) is -2.75. The minimum Gasteiger partial charge on any atom is -0.477 e. The van der Waals surface area contributed by atoms with Crippen LogP contribution in [0.4, 0.5) is 4.79 Å². The Morgan fingerprint density at radius 2 is 1.42 bits per heavy atom. The Balaban J connectivity index is 3.50. The molecular formula is C26H39NO9. The molecular weight excluding hydrogens is 470 g/mol. The molecule has 0 radical (unpaired) electrons. The molecule has 202 valence electrons. The van der Waals surface area contributed by atoms with Crippen LogP contribution in [0.15, 0.2) is 18.2 Å². The average Bonchev–Trinajstić information content (AvgIpc) is 2.73. The van der Waals surface area contributed by atoms with E-state index in [0.29, 0.717) is 12.0 Å². The number of carboxylic acid groups (broad SMARTS) is 1. The Bertz CT molecular complexity index is 949. The lowest BCUT2D eigenvalue weighted by atomic mass is 10.00. The molecule has 1 aromatic rings. The van der Waals surface area contributed by atoms with Gasteiger partial charge in [0.05, 0.1) is 11.8 Å². The van der Waals surface area contributed by atoms with Gasteiger partial charge < -0.3 is 24.1 Å². The van der Waals surface area contributed by atoms with Crippen LogP contribution in [-0.2, 0) is 30.3 Å². The predicted octanol–water partition coefficient (Wildman–Crippen LogP) is 4.47. The summed E-state index contributed by atoms with van der Waals surface area (Å²) in [5, 5.41) is 13.0. The number of carboxylic acids is 1. The van der Waals surface area contributed by atoms with Crippen molar-refractivity contribution in [3.8, 4) is 11.5 Å². The number of hydrogen-bond acceptors (Lipinski definition) is 9. The standard InChI is InChI=1S/C26H39NO9/c1-10-17(6)27-26(23(30)31,36-24(32)35-25(7,8)9)14-18-11-12-19(33-21(28)15(2)3)20(13-18)34-22(29)16(4)5/h11-13,15-17,27H,10,14H2,1-9H3,(H,30,31)/t17?,26-/m0/s1. The van der Waals surface area contributed by atoms with E-state index in [1.165, 1.54) is 18.2 Å². The zero-order valence-electron chi connectivity index (χ0n) is 22.6. The fourth-order valence-electron chi connectivity index (χ4n) is 2.78. The van der Waals surface area contributed by atoms with Crippen molar-refractivity contribution in [1.82, 2.24) is 5.32 Å². The van der Waals surface area contributed by atoms with Gasteiger partial charge in [-0.2, -0.15) is 0 Å². The first-order valence-corrected chi connectivity index (χ1v) is 12.0. The van der Waals surface area contributed by atoms with Gasteiger partial charge in [-0.1, -0.05) is 40.7 Å². The summed E-state index contributed by atoms with van der Waals surface area (Å²) in [4.78, 5) is 49.4. The third-order valence-corrected chi connectivity index (χ3v) is 4.91. The quantitative estimate of drug-likeness (QED) is 0.250. The van der Waals surface area contributed by atoms with Crippen LogP contribution >= 0.6 is 0 Å². The van der Waals surface area contributed by atoms with Gasteiger partial charge in [-0.25, -0.2) is 9.59 Å². The molecule has 0 saturated heterocycles. The van der Waals surface area contributed by atoms with Gasteiger partial charge in [0.1, 0.15) is 5.60 Å². The van der Waals surface area contributed by atoms with Crippen LogP contribution in [0.5, 0.6) is 11.5 Å².